The molecule has 2 aromatic rings. The molecule has 0 fully saturated rings. The Kier molecular flexibility index (Phi) is 5.83. The largest absolute Gasteiger partial charge is 0.416 e. The maximum Gasteiger partial charge on any atom is 0.416 e. The zero-order valence-electron chi connectivity index (χ0n) is 15.0. The summed E-state index contributed by atoms with van der Waals surface area (Å²) in [6.07, 6.45) is -4.53. The molecule has 1 aliphatic heterocycles. The lowest BCUT2D eigenvalue weighted by Gasteiger charge is -2.34. The second-order valence-corrected chi connectivity index (χ2v) is 9.05. The van der Waals surface area contributed by atoms with Crippen LogP contribution in [0.2, 0.25) is 0 Å². The van der Waals surface area contributed by atoms with E-state index in [1.54, 1.807) is 25.3 Å². The molecule has 1 aliphatic rings. The highest BCUT2D eigenvalue weighted by molar-refractivity contribution is 9.11. The van der Waals surface area contributed by atoms with Crippen LogP contribution in [-0.2, 0) is 22.3 Å². The van der Waals surface area contributed by atoms with Crippen molar-refractivity contribution in [2.45, 2.75) is 25.7 Å². The third-order valence-electron chi connectivity index (χ3n) is 4.51. The first-order chi connectivity index (χ1) is 13.1. The van der Waals surface area contributed by atoms with E-state index in [0.29, 0.717) is 6.54 Å². The van der Waals surface area contributed by atoms with E-state index in [4.69, 9.17) is 0 Å². The predicted octanol–water partition coefficient (Wildman–Crippen LogP) is 4.34. The van der Waals surface area contributed by atoms with E-state index in [2.05, 4.69) is 21.2 Å². The van der Waals surface area contributed by atoms with Crippen LogP contribution in [0.1, 0.15) is 17.4 Å². The molecule has 1 atom stereocenters. The minimum Gasteiger partial charge on any atom is -0.323 e. The van der Waals surface area contributed by atoms with Crippen LogP contribution in [0.25, 0.3) is 0 Å². The average molecular weight is 476 g/mol. The minimum absolute atomic E-state index is 0.0172. The Balaban J connectivity index is 1.82. The Hall–Kier alpha value is -1.91. The Morgan fingerprint density at radius 3 is 2.68 bits per heavy atom. The lowest BCUT2D eigenvalue weighted by atomic mass is 10.1. The van der Waals surface area contributed by atoms with Gasteiger partial charge in [0.1, 0.15) is 6.54 Å². The standard InChI is InChI=1S/C18H17BrF3N3O2S/c1-10(24(2)8-12-4-6-15(19)28-12)17(27)25-9-16(26)23-13-7-11(18(20,21)22)3-5-14(13)25/h3-7,10H,8-9H2,1-2H3,(H,23,26). The van der Waals surface area contributed by atoms with E-state index in [0.717, 1.165) is 20.8 Å². The molecule has 28 heavy (non-hydrogen) atoms. The number of carbonyl (C=O) groups excluding carboxylic acids is 2. The summed E-state index contributed by atoms with van der Waals surface area (Å²) in [7, 11) is 1.79. The van der Waals surface area contributed by atoms with Crippen molar-refractivity contribution in [1.82, 2.24) is 4.90 Å². The van der Waals surface area contributed by atoms with Crippen molar-refractivity contribution < 1.29 is 22.8 Å². The molecule has 1 aromatic carbocycles. The molecule has 2 heterocycles. The molecule has 2 amide bonds. The van der Waals surface area contributed by atoms with Crippen LogP contribution in [0.3, 0.4) is 0 Å². The van der Waals surface area contributed by atoms with Crippen LogP contribution >= 0.6 is 27.3 Å². The number of fused-ring (bicyclic) bond motifs is 1. The van der Waals surface area contributed by atoms with E-state index in [9.17, 15) is 22.8 Å². The number of alkyl halides is 3. The molecular formula is C18H17BrF3N3O2S. The molecule has 3 rings (SSSR count). The molecule has 0 radical (unpaired) electrons. The van der Waals surface area contributed by atoms with Crippen LogP contribution < -0.4 is 10.2 Å². The molecule has 150 valence electrons. The minimum atomic E-state index is -4.53. The summed E-state index contributed by atoms with van der Waals surface area (Å²) in [5.74, 6) is -0.883. The number of nitrogens with one attached hydrogen (secondary N) is 1. The number of hydrogen-bond acceptors (Lipinski definition) is 4. The molecule has 5 nitrogen and oxygen atoms in total. The number of amides is 2. The fourth-order valence-corrected chi connectivity index (χ4v) is 4.44. The maximum absolute atomic E-state index is 13.0. The number of hydrogen-bond donors (Lipinski definition) is 1. The van der Waals surface area contributed by atoms with E-state index >= 15 is 0 Å². The fraction of sp³-hybridized carbons (Fsp3) is 0.333. The molecule has 0 saturated heterocycles. The van der Waals surface area contributed by atoms with Gasteiger partial charge in [-0.2, -0.15) is 13.2 Å². The van der Waals surface area contributed by atoms with Gasteiger partial charge in [-0.3, -0.25) is 19.4 Å². The highest BCUT2D eigenvalue weighted by Crippen LogP contribution is 2.37. The number of carbonyl (C=O) groups is 2. The van der Waals surface area contributed by atoms with Crippen molar-refractivity contribution in [3.8, 4) is 0 Å². The summed E-state index contributed by atoms with van der Waals surface area (Å²) < 4.78 is 39.8. The summed E-state index contributed by atoms with van der Waals surface area (Å²) >= 11 is 4.95. The van der Waals surface area contributed by atoms with Crippen molar-refractivity contribution in [2.24, 2.45) is 0 Å². The van der Waals surface area contributed by atoms with Gasteiger partial charge in [0, 0.05) is 11.4 Å². The quantitative estimate of drug-likeness (QED) is 0.715. The van der Waals surface area contributed by atoms with Crippen LogP contribution in [-0.4, -0.2) is 36.3 Å². The zero-order chi connectivity index (χ0) is 20.6. The van der Waals surface area contributed by atoms with Crippen molar-refractivity contribution in [3.63, 3.8) is 0 Å². The van der Waals surface area contributed by atoms with Gasteiger partial charge in [-0.15, -0.1) is 11.3 Å². The number of halogens is 4. The first-order valence-electron chi connectivity index (χ1n) is 8.33. The third kappa shape index (κ3) is 4.39. The summed E-state index contributed by atoms with van der Waals surface area (Å²) in [5, 5.41) is 2.42. The molecule has 10 heteroatoms. The van der Waals surface area contributed by atoms with Crippen molar-refractivity contribution in [2.75, 3.05) is 23.8 Å². The number of benzene rings is 1. The third-order valence-corrected chi connectivity index (χ3v) is 6.12. The smallest absolute Gasteiger partial charge is 0.323 e. The van der Waals surface area contributed by atoms with Gasteiger partial charge in [0.15, 0.2) is 0 Å². The Bertz CT molecular complexity index is 916. The lowest BCUT2D eigenvalue weighted by Crippen LogP contribution is -2.50. The van der Waals surface area contributed by atoms with Gasteiger partial charge in [-0.25, -0.2) is 0 Å². The second-order valence-electron chi connectivity index (χ2n) is 6.50. The van der Waals surface area contributed by atoms with Crippen LogP contribution in [0.5, 0.6) is 0 Å². The van der Waals surface area contributed by atoms with Gasteiger partial charge in [0.2, 0.25) is 11.8 Å². The van der Waals surface area contributed by atoms with Crippen LogP contribution in [0.4, 0.5) is 24.5 Å². The molecule has 0 bridgehead atoms. The number of nitrogens with zero attached hydrogens (tertiary/aromatic N) is 2. The maximum atomic E-state index is 13.0. The molecule has 1 aromatic heterocycles. The average Bonchev–Trinajstić information content (AvgIpc) is 3.03. The van der Waals surface area contributed by atoms with Gasteiger partial charge >= 0.3 is 6.18 Å². The monoisotopic (exact) mass is 475 g/mol. The number of anilines is 2. The zero-order valence-corrected chi connectivity index (χ0v) is 17.4. The summed E-state index contributed by atoms with van der Waals surface area (Å²) in [5.41, 5.74) is -0.637. The van der Waals surface area contributed by atoms with Gasteiger partial charge in [0.05, 0.1) is 26.8 Å². The van der Waals surface area contributed by atoms with Crippen LogP contribution in [0.15, 0.2) is 34.1 Å². The van der Waals surface area contributed by atoms with Gasteiger partial charge in [-0.05, 0) is 60.2 Å². The number of thiophene rings is 1. The highest BCUT2D eigenvalue weighted by Gasteiger charge is 2.35. The first kappa shape index (κ1) is 20.8. The van der Waals surface area contributed by atoms with Gasteiger partial charge in [-0.1, -0.05) is 0 Å². The summed E-state index contributed by atoms with van der Waals surface area (Å²) in [4.78, 5) is 29.1. The Labute approximate surface area is 172 Å². The number of rotatable bonds is 4. The second kappa shape index (κ2) is 7.84. The molecule has 0 spiro atoms. The molecule has 1 N–H and O–H groups in total. The van der Waals surface area contributed by atoms with Gasteiger partial charge < -0.3 is 5.32 Å². The van der Waals surface area contributed by atoms with Gasteiger partial charge in [0.25, 0.3) is 0 Å². The first-order valence-corrected chi connectivity index (χ1v) is 9.94. The molecule has 0 saturated carbocycles. The molecular weight excluding hydrogens is 459 g/mol. The summed E-state index contributed by atoms with van der Waals surface area (Å²) in [6.45, 7) is 2.00. The molecule has 0 aliphatic carbocycles. The Morgan fingerprint density at radius 1 is 1.36 bits per heavy atom. The van der Waals surface area contributed by atoms with Crippen molar-refractivity contribution in [3.05, 3.63) is 44.6 Å². The number of likely N-dealkylation sites (N-methyl/N-ethyl adjacent to an activating group) is 1. The topological polar surface area (TPSA) is 52.7 Å². The SMILES string of the molecule is CC(C(=O)N1CC(=O)Nc2cc(C(F)(F)F)ccc21)N(C)Cc1ccc(Br)s1. The normalized spacial score (nSPS) is 15.4. The molecule has 1 unspecified atom stereocenters. The highest BCUT2D eigenvalue weighted by atomic mass is 79.9. The van der Waals surface area contributed by atoms with E-state index < -0.39 is 23.7 Å². The fourth-order valence-electron chi connectivity index (χ4n) is 2.90. The van der Waals surface area contributed by atoms with E-state index in [1.807, 2.05) is 17.0 Å². The predicted molar refractivity (Wildman–Crippen MR) is 105 cm³/mol. The Morgan fingerprint density at radius 2 is 2.07 bits per heavy atom. The van der Waals surface area contributed by atoms with Crippen molar-refractivity contribution >= 4 is 50.5 Å². The lowest BCUT2D eigenvalue weighted by molar-refractivity contribution is -0.137. The van der Waals surface area contributed by atoms with E-state index in [-0.39, 0.29) is 23.8 Å². The van der Waals surface area contributed by atoms with Crippen molar-refractivity contribution in [1.29, 1.82) is 0 Å². The van der Waals surface area contributed by atoms with E-state index in [1.165, 1.54) is 11.0 Å². The van der Waals surface area contributed by atoms with Crippen LogP contribution in [0, 0.1) is 0 Å². The summed E-state index contributed by atoms with van der Waals surface area (Å²) in [6, 6.07) is 6.29.